The van der Waals surface area contributed by atoms with Gasteiger partial charge in [-0.3, -0.25) is 4.90 Å². The number of benzene rings is 1. The summed E-state index contributed by atoms with van der Waals surface area (Å²) < 4.78 is 0. The second kappa shape index (κ2) is 6.37. The maximum absolute atomic E-state index is 6.17. The third-order valence-corrected chi connectivity index (χ3v) is 5.34. The minimum absolute atomic E-state index is 0.384. The molecular formula is C18H29N3. The van der Waals surface area contributed by atoms with E-state index in [-0.39, 0.29) is 0 Å². The van der Waals surface area contributed by atoms with Gasteiger partial charge in [0, 0.05) is 37.9 Å². The Morgan fingerprint density at radius 3 is 2.90 bits per heavy atom. The van der Waals surface area contributed by atoms with Crippen molar-refractivity contribution < 1.29 is 0 Å². The van der Waals surface area contributed by atoms with Crippen LogP contribution in [0.1, 0.15) is 49.8 Å². The minimum Gasteiger partial charge on any atom is -0.374 e. The van der Waals surface area contributed by atoms with Crippen LogP contribution in [-0.2, 0) is 6.42 Å². The summed E-state index contributed by atoms with van der Waals surface area (Å²) in [6.45, 7) is 5.43. The molecule has 3 heteroatoms. The van der Waals surface area contributed by atoms with Crippen LogP contribution in [0.25, 0.3) is 0 Å². The Kier molecular flexibility index (Phi) is 4.51. The number of rotatable bonds is 3. The van der Waals surface area contributed by atoms with E-state index < -0.39 is 0 Å². The maximum Gasteiger partial charge on any atom is 0.0473 e. The van der Waals surface area contributed by atoms with Gasteiger partial charge in [0.1, 0.15) is 0 Å². The zero-order chi connectivity index (χ0) is 14.8. The molecule has 0 amide bonds. The molecule has 0 radical (unpaired) electrons. The third kappa shape index (κ3) is 2.95. The van der Waals surface area contributed by atoms with Gasteiger partial charge >= 0.3 is 0 Å². The van der Waals surface area contributed by atoms with Crippen LogP contribution in [0.5, 0.6) is 0 Å². The number of nitrogens with zero attached hydrogens (tertiary/aromatic N) is 2. The van der Waals surface area contributed by atoms with Crippen molar-refractivity contribution in [2.75, 3.05) is 31.6 Å². The van der Waals surface area contributed by atoms with Crippen LogP contribution in [0.3, 0.4) is 0 Å². The number of nitrogens with two attached hydrogens (primary N) is 1. The largest absolute Gasteiger partial charge is 0.374 e. The quantitative estimate of drug-likeness (QED) is 0.928. The Hall–Kier alpha value is -1.06. The molecule has 0 saturated carbocycles. The second-order valence-corrected chi connectivity index (χ2v) is 6.75. The van der Waals surface area contributed by atoms with E-state index in [1.165, 1.54) is 55.5 Å². The summed E-state index contributed by atoms with van der Waals surface area (Å²) in [6, 6.07) is 8.04. The van der Waals surface area contributed by atoms with Gasteiger partial charge in [0.2, 0.25) is 0 Å². The number of likely N-dealkylation sites (N-methyl/N-ethyl adjacent to an activating group) is 1. The summed E-state index contributed by atoms with van der Waals surface area (Å²) in [6.07, 6.45) is 6.53. The van der Waals surface area contributed by atoms with Crippen LogP contribution in [-0.4, -0.2) is 37.6 Å². The minimum atomic E-state index is 0.384. The topological polar surface area (TPSA) is 32.5 Å². The van der Waals surface area contributed by atoms with Gasteiger partial charge in [-0.2, -0.15) is 0 Å². The number of fused-ring (bicyclic) bond motifs is 1. The summed E-state index contributed by atoms with van der Waals surface area (Å²) in [5, 5.41) is 0. The monoisotopic (exact) mass is 287 g/mol. The molecule has 2 N–H and O–H groups in total. The molecule has 0 spiro atoms. The lowest BCUT2D eigenvalue weighted by Gasteiger charge is -2.35. The van der Waals surface area contributed by atoms with E-state index in [9.17, 15) is 0 Å². The molecule has 2 aliphatic rings. The van der Waals surface area contributed by atoms with Crippen LogP contribution in [0.4, 0.5) is 5.69 Å². The third-order valence-electron chi connectivity index (χ3n) is 5.34. The molecule has 1 saturated heterocycles. The average molecular weight is 287 g/mol. The maximum atomic E-state index is 6.17. The van der Waals surface area contributed by atoms with Crippen molar-refractivity contribution in [2.24, 2.45) is 5.73 Å². The predicted octanol–water partition coefficient (Wildman–Crippen LogP) is 2.94. The summed E-state index contributed by atoms with van der Waals surface area (Å²) in [5.74, 6) is 0. The number of anilines is 1. The molecule has 2 unspecified atom stereocenters. The standard InChI is InChI=1S/C18H29N3/c1-14-6-4-3-5-10-21(14)18(13-19)15-7-8-17-16(12-15)9-11-20(17)2/h7-8,12,14,18H,3-6,9-11,13,19H2,1-2H3. The van der Waals surface area contributed by atoms with Crippen molar-refractivity contribution in [3.8, 4) is 0 Å². The lowest BCUT2D eigenvalue weighted by atomic mass is 9.99. The van der Waals surface area contributed by atoms with Crippen molar-refractivity contribution in [2.45, 2.75) is 51.1 Å². The van der Waals surface area contributed by atoms with Crippen molar-refractivity contribution in [3.63, 3.8) is 0 Å². The van der Waals surface area contributed by atoms with E-state index in [4.69, 9.17) is 5.73 Å². The Balaban J connectivity index is 1.85. The van der Waals surface area contributed by atoms with Crippen LogP contribution in [0, 0.1) is 0 Å². The molecule has 3 rings (SSSR count). The van der Waals surface area contributed by atoms with Crippen LogP contribution < -0.4 is 10.6 Å². The average Bonchev–Trinajstić information content (AvgIpc) is 2.73. The molecule has 3 nitrogen and oxygen atoms in total. The molecule has 2 aliphatic heterocycles. The highest BCUT2D eigenvalue weighted by molar-refractivity contribution is 5.58. The van der Waals surface area contributed by atoms with Gasteiger partial charge in [-0.15, -0.1) is 0 Å². The predicted molar refractivity (Wildman–Crippen MR) is 89.8 cm³/mol. The first-order valence-electron chi connectivity index (χ1n) is 8.50. The first-order valence-corrected chi connectivity index (χ1v) is 8.50. The van der Waals surface area contributed by atoms with Gasteiger partial charge in [-0.25, -0.2) is 0 Å². The van der Waals surface area contributed by atoms with Gasteiger partial charge in [0.05, 0.1) is 0 Å². The van der Waals surface area contributed by atoms with Gasteiger partial charge in [0.15, 0.2) is 0 Å². The van der Waals surface area contributed by atoms with E-state index in [1.807, 2.05) is 0 Å². The highest BCUT2D eigenvalue weighted by atomic mass is 15.2. The van der Waals surface area contributed by atoms with Crippen LogP contribution in [0.2, 0.25) is 0 Å². The summed E-state index contributed by atoms with van der Waals surface area (Å²) in [7, 11) is 2.18. The fourth-order valence-electron chi connectivity index (χ4n) is 4.02. The number of hydrogen-bond acceptors (Lipinski definition) is 3. The lowest BCUT2D eigenvalue weighted by molar-refractivity contribution is 0.151. The Bertz CT molecular complexity index is 485. The zero-order valence-corrected chi connectivity index (χ0v) is 13.5. The smallest absolute Gasteiger partial charge is 0.0473 e. The van der Waals surface area contributed by atoms with Crippen LogP contribution >= 0.6 is 0 Å². The summed E-state index contributed by atoms with van der Waals surface area (Å²) in [5.41, 5.74) is 10.5. The molecular weight excluding hydrogens is 258 g/mol. The summed E-state index contributed by atoms with van der Waals surface area (Å²) >= 11 is 0. The SMILES string of the molecule is CC1CCCCCN1C(CN)c1ccc2c(c1)CCN2C. The van der Waals surface area contributed by atoms with Gasteiger partial charge in [-0.05, 0) is 49.9 Å². The molecule has 21 heavy (non-hydrogen) atoms. The summed E-state index contributed by atoms with van der Waals surface area (Å²) in [4.78, 5) is 5.00. The van der Waals surface area contributed by atoms with E-state index in [2.05, 4.69) is 42.0 Å². The number of hydrogen-bond donors (Lipinski definition) is 1. The fourth-order valence-corrected chi connectivity index (χ4v) is 4.02. The van der Waals surface area contributed by atoms with E-state index in [0.717, 1.165) is 13.1 Å². The highest BCUT2D eigenvalue weighted by Gasteiger charge is 2.26. The van der Waals surface area contributed by atoms with E-state index in [1.54, 1.807) is 0 Å². The Labute approximate surface area is 129 Å². The normalized spacial score (nSPS) is 24.7. The van der Waals surface area contributed by atoms with Crippen LogP contribution in [0.15, 0.2) is 18.2 Å². The number of likely N-dealkylation sites (tertiary alicyclic amines) is 1. The molecule has 0 bridgehead atoms. The lowest BCUT2D eigenvalue weighted by Crippen LogP contribution is -2.39. The fraction of sp³-hybridized carbons (Fsp3) is 0.667. The molecule has 116 valence electrons. The second-order valence-electron chi connectivity index (χ2n) is 6.75. The first-order chi connectivity index (χ1) is 10.2. The molecule has 0 aromatic heterocycles. The van der Waals surface area contributed by atoms with Crippen molar-refractivity contribution in [1.82, 2.24) is 4.90 Å². The van der Waals surface area contributed by atoms with Gasteiger partial charge in [0.25, 0.3) is 0 Å². The molecule has 1 fully saturated rings. The van der Waals surface area contributed by atoms with Crippen molar-refractivity contribution >= 4 is 5.69 Å². The highest BCUT2D eigenvalue weighted by Crippen LogP contribution is 2.32. The Morgan fingerprint density at radius 1 is 1.24 bits per heavy atom. The molecule has 1 aromatic rings. The van der Waals surface area contributed by atoms with Crippen molar-refractivity contribution in [1.29, 1.82) is 0 Å². The molecule has 2 atom stereocenters. The van der Waals surface area contributed by atoms with E-state index >= 15 is 0 Å². The van der Waals surface area contributed by atoms with Gasteiger partial charge in [-0.1, -0.05) is 25.0 Å². The zero-order valence-electron chi connectivity index (χ0n) is 13.5. The Morgan fingerprint density at radius 2 is 2.10 bits per heavy atom. The first kappa shape index (κ1) is 14.9. The molecule has 0 aliphatic carbocycles. The van der Waals surface area contributed by atoms with Crippen molar-refractivity contribution in [3.05, 3.63) is 29.3 Å². The molecule has 2 heterocycles. The van der Waals surface area contributed by atoms with Gasteiger partial charge < -0.3 is 10.6 Å². The van der Waals surface area contributed by atoms with E-state index in [0.29, 0.717) is 12.1 Å². The molecule has 1 aromatic carbocycles.